The molecule has 1 aliphatic heterocycles. The summed E-state index contributed by atoms with van der Waals surface area (Å²) in [5.41, 5.74) is 0.296. The van der Waals surface area contributed by atoms with Crippen LogP contribution in [0.1, 0.15) is 43.0 Å². The second kappa shape index (κ2) is 7.46. The molecule has 2 heterocycles. The van der Waals surface area contributed by atoms with Gasteiger partial charge in [-0.2, -0.15) is 0 Å². The van der Waals surface area contributed by atoms with Gasteiger partial charge in [0.25, 0.3) is 17.4 Å². The number of carbonyl (C=O) groups is 2. The minimum absolute atomic E-state index is 0.0823. The summed E-state index contributed by atoms with van der Waals surface area (Å²) in [6.45, 7) is 0. The van der Waals surface area contributed by atoms with Crippen molar-refractivity contribution >= 4 is 23.1 Å². The van der Waals surface area contributed by atoms with Gasteiger partial charge in [0.05, 0.1) is 16.2 Å². The molecule has 29 heavy (non-hydrogen) atoms. The van der Waals surface area contributed by atoms with Gasteiger partial charge in [-0.15, -0.1) is 0 Å². The maximum absolute atomic E-state index is 12.9. The number of aliphatic hydroxyl groups is 1. The van der Waals surface area contributed by atoms with E-state index in [1.165, 1.54) is 29.2 Å². The highest BCUT2D eigenvalue weighted by Crippen LogP contribution is 2.42. The van der Waals surface area contributed by atoms with Crippen LogP contribution in [0.3, 0.4) is 0 Å². The summed E-state index contributed by atoms with van der Waals surface area (Å²) >= 11 is 0. The van der Waals surface area contributed by atoms with Crippen molar-refractivity contribution in [2.75, 3.05) is 0 Å². The fraction of sp³-hybridized carbons (Fsp3) is 0.286. The van der Waals surface area contributed by atoms with Crippen LogP contribution in [0, 0.1) is 10.1 Å². The van der Waals surface area contributed by atoms with E-state index in [0.717, 1.165) is 25.7 Å². The first-order valence-corrected chi connectivity index (χ1v) is 9.45. The lowest BCUT2D eigenvalue weighted by molar-refractivity contribution is -0.384. The van der Waals surface area contributed by atoms with Crippen molar-refractivity contribution < 1.29 is 19.6 Å². The molecular formula is C21H19N3O5. The maximum atomic E-state index is 12.9. The number of aliphatic hydroxyl groups excluding tert-OH is 1. The molecule has 1 aromatic heterocycles. The molecule has 1 saturated heterocycles. The minimum atomic E-state index is -0.821. The second-order valence-electron chi connectivity index (χ2n) is 7.21. The largest absolute Gasteiger partial charge is 0.507 e. The molecule has 2 fully saturated rings. The van der Waals surface area contributed by atoms with Crippen LogP contribution in [-0.2, 0) is 9.59 Å². The number of benzene rings is 1. The van der Waals surface area contributed by atoms with Crippen LogP contribution < -0.4 is 0 Å². The average molecular weight is 393 g/mol. The van der Waals surface area contributed by atoms with Crippen molar-refractivity contribution in [1.29, 1.82) is 0 Å². The van der Waals surface area contributed by atoms with Gasteiger partial charge in [-0.1, -0.05) is 31.0 Å². The standard InChI is InChI=1S/C21H19N3O5/c25-19(13-6-5-9-15(12-13)24(28)29)17-18(16-10-3-4-11-22-16)23(21(27)20(17)26)14-7-1-2-8-14/h3-6,9-12,14,18,25H,1-2,7-8H2/b19-17-. The van der Waals surface area contributed by atoms with Gasteiger partial charge in [0.15, 0.2) is 0 Å². The fourth-order valence-corrected chi connectivity index (χ4v) is 4.16. The molecule has 1 amide bonds. The van der Waals surface area contributed by atoms with Crippen molar-refractivity contribution in [1.82, 2.24) is 9.88 Å². The molecule has 0 spiro atoms. The summed E-state index contributed by atoms with van der Waals surface area (Å²) < 4.78 is 0. The van der Waals surface area contributed by atoms with Gasteiger partial charge < -0.3 is 10.0 Å². The molecule has 1 atom stereocenters. The summed E-state index contributed by atoms with van der Waals surface area (Å²) in [4.78, 5) is 42.2. The highest BCUT2D eigenvalue weighted by molar-refractivity contribution is 6.46. The van der Waals surface area contributed by atoms with Crippen molar-refractivity contribution in [2.45, 2.75) is 37.8 Å². The third kappa shape index (κ3) is 3.26. The highest BCUT2D eigenvalue weighted by Gasteiger charge is 2.49. The van der Waals surface area contributed by atoms with Gasteiger partial charge in [-0.05, 0) is 25.0 Å². The molecule has 1 saturated carbocycles. The molecule has 1 unspecified atom stereocenters. The molecular weight excluding hydrogens is 374 g/mol. The zero-order chi connectivity index (χ0) is 20.5. The Bertz CT molecular complexity index is 1010. The highest BCUT2D eigenvalue weighted by atomic mass is 16.6. The Morgan fingerprint density at radius 1 is 1.14 bits per heavy atom. The fourth-order valence-electron chi connectivity index (χ4n) is 4.16. The summed E-state index contributed by atoms with van der Waals surface area (Å²) in [6.07, 6.45) is 5.07. The van der Waals surface area contributed by atoms with Crippen molar-refractivity contribution in [3.05, 3.63) is 75.6 Å². The SMILES string of the molecule is O=C1C(=O)N(C2CCCC2)C(c2ccccn2)/C1=C(/O)c1cccc([N+](=O)[O-])c1. The molecule has 0 bridgehead atoms. The summed E-state index contributed by atoms with van der Waals surface area (Å²) in [6, 6.07) is 9.65. The lowest BCUT2D eigenvalue weighted by Crippen LogP contribution is -2.37. The van der Waals surface area contributed by atoms with E-state index in [9.17, 15) is 24.8 Å². The van der Waals surface area contributed by atoms with Gasteiger partial charge in [0.2, 0.25) is 0 Å². The van der Waals surface area contributed by atoms with E-state index in [1.807, 2.05) is 0 Å². The Balaban J connectivity index is 1.88. The van der Waals surface area contributed by atoms with Crippen LogP contribution in [0.2, 0.25) is 0 Å². The number of ketones is 1. The summed E-state index contributed by atoms with van der Waals surface area (Å²) in [5, 5.41) is 22.0. The van der Waals surface area contributed by atoms with Crippen LogP contribution in [0.5, 0.6) is 0 Å². The van der Waals surface area contributed by atoms with Gasteiger partial charge in [-0.25, -0.2) is 0 Å². The molecule has 1 N–H and O–H groups in total. The van der Waals surface area contributed by atoms with Crippen LogP contribution >= 0.6 is 0 Å². The number of hydrogen-bond acceptors (Lipinski definition) is 6. The van der Waals surface area contributed by atoms with E-state index in [4.69, 9.17) is 0 Å². The third-order valence-electron chi connectivity index (χ3n) is 5.50. The number of hydrogen-bond donors (Lipinski definition) is 1. The number of likely N-dealkylation sites (tertiary alicyclic amines) is 1. The van der Waals surface area contributed by atoms with Gasteiger partial charge in [-0.3, -0.25) is 24.7 Å². The number of carbonyl (C=O) groups excluding carboxylic acids is 2. The quantitative estimate of drug-likeness (QED) is 0.280. The van der Waals surface area contributed by atoms with E-state index in [0.29, 0.717) is 5.69 Å². The number of nitro groups is 1. The minimum Gasteiger partial charge on any atom is -0.507 e. The van der Waals surface area contributed by atoms with Gasteiger partial charge in [0.1, 0.15) is 11.8 Å². The van der Waals surface area contributed by atoms with Crippen LogP contribution in [0.25, 0.3) is 5.76 Å². The van der Waals surface area contributed by atoms with E-state index in [2.05, 4.69) is 4.98 Å². The Labute approximate surface area is 166 Å². The summed E-state index contributed by atoms with van der Waals surface area (Å²) in [7, 11) is 0. The van der Waals surface area contributed by atoms with Crippen molar-refractivity contribution in [3.8, 4) is 0 Å². The number of Topliss-reactive ketones (excluding diaryl/α,β-unsaturated/α-hetero) is 1. The zero-order valence-corrected chi connectivity index (χ0v) is 15.5. The maximum Gasteiger partial charge on any atom is 0.295 e. The smallest absolute Gasteiger partial charge is 0.295 e. The molecule has 1 aliphatic carbocycles. The van der Waals surface area contributed by atoms with Crippen LogP contribution in [0.4, 0.5) is 5.69 Å². The molecule has 8 heteroatoms. The monoisotopic (exact) mass is 393 g/mol. The predicted molar refractivity (Wildman–Crippen MR) is 104 cm³/mol. The third-order valence-corrected chi connectivity index (χ3v) is 5.50. The Morgan fingerprint density at radius 3 is 2.55 bits per heavy atom. The van der Waals surface area contributed by atoms with Crippen LogP contribution in [0.15, 0.2) is 54.2 Å². The average Bonchev–Trinajstić information content (AvgIpc) is 3.35. The lowest BCUT2D eigenvalue weighted by atomic mass is 9.97. The Kier molecular flexibility index (Phi) is 4.84. The van der Waals surface area contributed by atoms with Gasteiger partial charge >= 0.3 is 0 Å². The molecule has 0 radical (unpaired) electrons. The number of non-ortho nitro benzene ring substituents is 1. The topological polar surface area (TPSA) is 114 Å². The Hall–Kier alpha value is -3.55. The second-order valence-corrected chi connectivity index (χ2v) is 7.21. The summed E-state index contributed by atoms with van der Waals surface area (Å²) in [5.74, 6) is -1.89. The Morgan fingerprint density at radius 2 is 1.90 bits per heavy atom. The van der Waals surface area contributed by atoms with E-state index >= 15 is 0 Å². The first kappa shape index (κ1) is 18.8. The number of aromatic nitrogens is 1. The number of nitro benzene ring substituents is 1. The van der Waals surface area contributed by atoms with E-state index < -0.39 is 28.4 Å². The zero-order valence-electron chi connectivity index (χ0n) is 15.5. The molecule has 1 aromatic carbocycles. The molecule has 8 nitrogen and oxygen atoms in total. The van der Waals surface area contributed by atoms with Gasteiger partial charge in [0, 0.05) is 29.9 Å². The van der Waals surface area contributed by atoms with E-state index in [-0.39, 0.29) is 22.9 Å². The normalized spacial score (nSPS) is 21.7. The molecule has 2 aliphatic rings. The van der Waals surface area contributed by atoms with Crippen LogP contribution in [-0.4, -0.2) is 37.6 Å². The number of rotatable bonds is 4. The lowest BCUT2D eigenvalue weighted by Gasteiger charge is -2.30. The molecule has 148 valence electrons. The number of amides is 1. The van der Waals surface area contributed by atoms with E-state index in [1.54, 1.807) is 24.4 Å². The molecule has 2 aromatic rings. The first-order chi connectivity index (χ1) is 14.0. The molecule has 4 rings (SSSR count). The number of pyridine rings is 1. The predicted octanol–water partition coefficient (Wildman–Crippen LogP) is 3.35. The van der Waals surface area contributed by atoms with Crippen molar-refractivity contribution in [3.63, 3.8) is 0 Å². The first-order valence-electron chi connectivity index (χ1n) is 9.45. The number of nitrogens with zero attached hydrogens (tertiary/aromatic N) is 3. The van der Waals surface area contributed by atoms with Crippen molar-refractivity contribution in [2.24, 2.45) is 0 Å².